The van der Waals surface area contributed by atoms with Crippen molar-refractivity contribution < 1.29 is 52.4 Å². The summed E-state index contributed by atoms with van der Waals surface area (Å²) in [6.45, 7) is 9.97. The molecular weight excluding hydrogens is 724 g/mol. The lowest BCUT2D eigenvalue weighted by atomic mass is 9.68. The second-order valence-corrected chi connectivity index (χ2v) is 15.2. The van der Waals surface area contributed by atoms with Gasteiger partial charge in [-0.05, 0) is 65.4 Å². The van der Waals surface area contributed by atoms with Crippen LogP contribution in [0, 0.1) is 5.92 Å². The predicted molar refractivity (Wildman–Crippen MR) is 207 cm³/mol. The number of hydrogen-bond donors (Lipinski definition) is 4. The fourth-order valence-electron chi connectivity index (χ4n) is 7.37. The highest BCUT2D eigenvalue weighted by atomic mass is 16.6. The van der Waals surface area contributed by atoms with E-state index in [1.165, 1.54) is 12.5 Å². The molecule has 312 valence electrons. The van der Waals surface area contributed by atoms with Crippen molar-refractivity contribution in [1.29, 1.82) is 0 Å². The molecule has 3 unspecified atom stereocenters. The number of amides is 1. The molecule has 4 N–H and O–H groups in total. The maximum Gasteiger partial charge on any atom is 0.306 e. The van der Waals surface area contributed by atoms with E-state index in [0.29, 0.717) is 45.8 Å². The highest BCUT2D eigenvalue weighted by Gasteiger charge is 2.72. The van der Waals surface area contributed by atoms with E-state index in [1.54, 1.807) is 7.11 Å². The Kier molecular flexibility index (Phi) is 18.2. The van der Waals surface area contributed by atoms with Crippen LogP contribution in [-0.4, -0.2) is 131 Å². The van der Waals surface area contributed by atoms with Crippen LogP contribution in [0.25, 0.3) is 0 Å². The highest BCUT2D eigenvalue weighted by molar-refractivity contribution is 6.40. The number of ketones is 3. The van der Waals surface area contributed by atoms with Crippen LogP contribution in [0.5, 0.6) is 0 Å². The van der Waals surface area contributed by atoms with Gasteiger partial charge in [-0.2, -0.15) is 0 Å². The van der Waals surface area contributed by atoms with Crippen molar-refractivity contribution in [2.45, 2.75) is 108 Å². The normalized spacial score (nSPS) is 25.6. The number of hydrazine groups is 1. The summed E-state index contributed by atoms with van der Waals surface area (Å²) in [5.41, 5.74) is 6.67. The molecule has 7 atom stereocenters. The Bertz CT molecular complexity index is 1480. The van der Waals surface area contributed by atoms with Gasteiger partial charge in [0.05, 0.1) is 57.6 Å². The second kappa shape index (κ2) is 22.5. The van der Waals surface area contributed by atoms with Crippen molar-refractivity contribution in [3.05, 3.63) is 47.5 Å². The summed E-state index contributed by atoms with van der Waals surface area (Å²) in [6.07, 6.45) is 5.05. The largest absolute Gasteiger partial charge is 0.460 e. The summed E-state index contributed by atoms with van der Waals surface area (Å²) >= 11 is 0. The van der Waals surface area contributed by atoms with Crippen LogP contribution < -0.4 is 21.5 Å². The second-order valence-electron chi connectivity index (χ2n) is 15.2. The molecule has 0 bridgehead atoms. The first-order chi connectivity index (χ1) is 26.9. The lowest BCUT2D eigenvalue weighted by Gasteiger charge is -2.42. The van der Waals surface area contributed by atoms with Gasteiger partial charge in [-0.1, -0.05) is 42.0 Å². The Hall–Kier alpha value is -3.41. The lowest BCUT2D eigenvalue weighted by molar-refractivity contribution is -0.172. The zero-order valence-corrected chi connectivity index (χ0v) is 33.7. The molecule has 4 rings (SSSR count). The molecular formula is C41H62N4O11. The van der Waals surface area contributed by atoms with Crippen molar-refractivity contribution in [2.24, 2.45) is 5.92 Å². The molecule has 1 spiro atoms. The third-order valence-electron chi connectivity index (χ3n) is 10.5. The van der Waals surface area contributed by atoms with E-state index in [2.05, 4.69) is 48.3 Å². The number of epoxide rings is 2. The zero-order valence-electron chi connectivity index (χ0n) is 33.7. The summed E-state index contributed by atoms with van der Waals surface area (Å²) in [5, 5.41) is 5.83. The summed E-state index contributed by atoms with van der Waals surface area (Å²) in [5.74, 6) is -1.89. The Morgan fingerprint density at radius 1 is 0.946 bits per heavy atom. The topological polar surface area (TPSA) is 195 Å². The standard InChI is InChI=1S/C41H62N4O11/c1-28(2)13-14-34-40(4,56-34)39-38(51-5)33(15-17-41(39)27-54-41)55-36(49)12-9-20-52-22-23-53-21-19-43-35(48)16-18-42-31(24-30-10-7-6-8-11-30)37(50)32(47)26-45-44-25-29(3)46/h6-8,10-11,13,31,33-34,38-39,42,44-45H,9,12,14-27H2,1-5H3,(H,43,48)/t31-,33?,34+,38?,39?,40+,41-/m0/s1. The number of esters is 1. The predicted octanol–water partition coefficient (Wildman–Crippen LogP) is 1.95. The zero-order chi connectivity index (χ0) is 40.6. The monoisotopic (exact) mass is 786 g/mol. The van der Waals surface area contributed by atoms with Gasteiger partial charge in [0.1, 0.15) is 29.2 Å². The van der Waals surface area contributed by atoms with E-state index < -0.39 is 17.6 Å². The van der Waals surface area contributed by atoms with Gasteiger partial charge in [-0.25, -0.2) is 5.43 Å². The molecule has 1 saturated carbocycles. The molecule has 0 radical (unpaired) electrons. The van der Waals surface area contributed by atoms with Gasteiger partial charge in [-0.15, -0.1) is 0 Å². The minimum atomic E-state index is -0.809. The van der Waals surface area contributed by atoms with Gasteiger partial charge < -0.3 is 39.1 Å². The molecule has 15 heteroatoms. The van der Waals surface area contributed by atoms with Crippen LogP contribution in [0.3, 0.4) is 0 Å². The van der Waals surface area contributed by atoms with E-state index in [0.717, 1.165) is 18.4 Å². The number of nitrogens with one attached hydrogen (secondary N) is 4. The number of methoxy groups -OCH3 is 1. The molecule has 1 amide bonds. The Labute approximate surface area is 330 Å². The van der Waals surface area contributed by atoms with Crippen molar-refractivity contribution in [1.82, 2.24) is 21.5 Å². The van der Waals surface area contributed by atoms with Gasteiger partial charge in [0.25, 0.3) is 0 Å². The van der Waals surface area contributed by atoms with Gasteiger partial charge >= 0.3 is 5.97 Å². The van der Waals surface area contributed by atoms with Gasteiger partial charge in [0.2, 0.25) is 17.5 Å². The van der Waals surface area contributed by atoms with E-state index in [1.807, 2.05) is 30.3 Å². The lowest BCUT2D eigenvalue weighted by Crippen LogP contribution is -2.55. The smallest absolute Gasteiger partial charge is 0.306 e. The third-order valence-corrected chi connectivity index (χ3v) is 10.5. The molecule has 15 nitrogen and oxygen atoms in total. The maximum absolute atomic E-state index is 12.9. The molecule has 0 aromatic heterocycles. The Morgan fingerprint density at radius 2 is 1.66 bits per heavy atom. The molecule has 3 aliphatic rings. The van der Waals surface area contributed by atoms with Gasteiger partial charge in [0.15, 0.2) is 0 Å². The molecule has 2 saturated heterocycles. The number of carbonyl (C=O) groups is 5. The molecule has 1 aromatic rings. The third kappa shape index (κ3) is 14.2. The molecule has 56 heavy (non-hydrogen) atoms. The minimum absolute atomic E-state index is 0.0217. The minimum Gasteiger partial charge on any atom is -0.460 e. The number of Topliss-reactive ketones (excluding diaryl/α,β-unsaturated/α-hetero) is 3. The van der Waals surface area contributed by atoms with Crippen LogP contribution in [0.4, 0.5) is 0 Å². The molecule has 2 aliphatic heterocycles. The number of allylic oxidation sites excluding steroid dienone is 1. The first kappa shape index (κ1) is 45.3. The first-order valence-corrected chi connectivity index (χ1v) is 19.8. The molecule has 1 aliphatic carbocycles. The average molecular weight is 787 g/mol. The highest BCUT2D eigenvalue weighted by Crippen LogP contribution is 2.59. The fraction of sp³-hybridized carbons (Fsp3) is 0.683. The quantitative estimate of drug-likeness (QED) is 0.0240. The molecule has 2 heterocycles. The SMILES string of the molecule is COC1C(OC(=O)CCCOCCOCCNC(=O)CCN[C@@H](Cc2ccccc2)C(=O)C(=O)CNNCC(C)=O)CC[C@]2(CO2)C1[C@]1(C)O[C@@H]1CC=C(C)C. The van der Waals surface area contributed by atoms with Gasteiger partial charge in [0, 0.05) is 39.6 Å². The van der Waals surface area contributed by atoms with Crippen LogP contribution >= 0.6 is 0 Å². The van der Waals surface area contributed by atoms with E-state index in [-0.39, 0.29) is 98.6 Å². The van der Waals surface area contributed by atoms with E-state index >= 15 is 0 Å². The fourth-order valence-corrected chi connectivity index (χ4v) is 7.37. The van der Waals surface area contributed by atoms with Crippen LogP contribution in [0.2, 0.25) is 0 Å². The number of ether oxygens (including phenoxy) is 6. The van der Waals surface area contributed by atoms with E-state index in [4.69, 9.17) is 28.4 Å². The first-order valence-electron chi connectivity index (χ1n) is 19.8. The number of carbonyl (C=O) groups excluding carboxylic acids is 5. The Balaban J connectivity index is 1.04. The van der Waals surface area contributed by atoms with Crippen LogP contribution in [-0.2, 0) is 58.8 Å². The van der Waals surface area contributed by atoms with Crippen molar-refractivity contribution in [3.8, 4) is 0 Å². The van der Waals surface area contributed by atoms with E-state index in [9.17, 15) is 24.0 Å². The van der Waals surface area contributed by atoms with Crippen molar-refractivity contribution >= 4 is 29.2 Å². The van der Waals surface area contributed by atoms with Crippen LogP contribution in [0.1, 0.15) is 71.8 Å². The summed E-state index contributed by atoms with van der Waals surface area (Å²) < 4.78 is 35.3. The van der Waals surface area contributed by atoms with Crippen molar-refractivity contribution in [3.63, 3.8) is 0 Å². The number of rotatable bonds is 28. The molecule has 3 fully saturated rings. The Morgan fingerprint density at radius 3 is 2.34 bits per heavy atom. The summed E-state index contributed by atoms with van der Waals surface area (Å²) in [4.78, 5) is 61.7. The van der Waals surface area contributed by atoms with Crippen LogP contribution in [0.15, 0.2) is 42.0 Å². The van der Waals surface area contributed by atoms with Gasteiger partial charge in [-0.3, -0.25) is 29.4 Å². The summed E-state index contributed by atoms with van der Waals surface area (Å²) in [6, 6.07) is 8.48. The average Bonchev–Trinajstić information content (AvgIpc) is 4.09. The summed E-state index contributed by atoms with van der Waals surface area (Å²) in [7, 11) is 1.67. The maximum atomic E-state index is 12.9. The number of hydrogen-bond acceptors (Lipinski definition) is 14. The van der Waals surface area contributed by atoms with Crippen molar-refractivity contribution in [2.75, 3.05) is 66.3 Å². The number of benzene rings is 1. The molecule has 1 aromatic carbocycles.